The van der Waals surface area contributed by atoms with Crippen molar-refractivity contribution in [3.05, 3.63) is 59.2 Å². The number of nitrogens with zero attached hydrogens (tertiary/aromatic N) is 2. The highest BCUT2D eigenvalue weighted by Gasteiger charge is 2.13. The summed E-state index contributed by atoms with van der Waals surface area (Å²) < 4.78 is 10.8. The summed E-state index contributed by atoms with van der Waals surface area (Å²) in [5.74, 6) is 2.41. The molecule has 1 aliphatic rings. The van der Waals surface area contributed by atoms with E-state index in [2.05, 4.69) is 15.6 Å². The molecule has 0 fully saturated rings. The number of carbonyl (C=O) groups excluding carboxylic acids is 1. The van der Waals surface area contributed by atoms with Crippen molar-refractivity contribution in [1.29, 1.82) is 0 Å². The molecule has 0 bridgehead atoms. The first-order valence-electron chi connectivity index (χ1n) is 10.3. The Morgan fingerprint density at radius 3 is 2.63 bits per heavy atom. The lowest BCUT2D eigenvalue weighted by atomic mass is 10.1. The van der Waals surface area contributed by atoms with Gasteiger partial charge >= 0.3 is 0 Å². The molecule has 0 saturated carbocycles. The Hall–Kier alpha value is -3.22. The summed E-state index contributed by atoms with van der Waals surface area (Å²) in [6, 6.07) is 13.8. The van der Waals surface area contributed by atoms with Gasteiger partial charge in [-0.2, -0.15) is 0 Å². The molecule has 0 aliphatic carbocycles. The van der Waals surface area contributed by atoms with Gasteiger partial charge in [0.15, 0.2) is 17.5 Å². The Morgan fingerprint density at radius 1 is 1.03 bits per heavy atom. The molecule has 7 heteroatoms. The molecular formula is C23H30N4O3. The largest absolute Gasteiger partial charge is 0.454 e. The van der Waals surface area contributed by atoms with Crippen molar-refractivity contribution in [3.8, 4) is 11.5 Å². The topological polar surface area (TPSA) is 75.2 Å². The summed E-state index contributed by atoms with van der Waals surface area (Å²) in [6.07, 6.45) is 1.63. The van der Waals surface area contributed by atoms with Crippen molar-refractivity contribution in [2.45, 2.75) is 19.8 Å². The number of hydrogen-bond acceptors (Lipinski definition) is 4. The molecule has 2 N–H and O–H groups in total. The molecule has 0 spiro atoms. The third kappa shape index (κ3) is 5.89. The quantitative estimate of drug-likeness (QED) is 0.517. The normalized spacial score (nSPS) is 12.6. The molecule has 1 amide bonds. The fourth-order valence-corrected chi connectivity index (χ4v) is 3.18. The van der Waals surface area contributed by atoms with Crippen LogP contribution < -0.4 is 20.1 Å². The van der Waals surface area contributed by atoms with Crippen LogP contribution in [-0.2, 0) is 12.8 Å². The molecule has 160 valence electrons. The average molecular weight is 411 g/mol. The highest BCUT2D eigenvalue weighted by Crippen LogP contribution is 2.32. The summed E-state index contributed by atoms with van der Waals surface area (Å²) in [4.78, 5) is 18.4. The maximum absolute atomic E-state index is 12.1. The number of hydrogen-bond donors (Lipinski definition) is 2. The van der Waals surface area contributed by atoms with Crippen molar-refractivity contribution < 1.29 is 14.3 Å². The number of rotatable bonds is 8. The van der Waals surface area contributed by atoms with Gasteiger partial charge in [-0.05, 0) is 55.2 Å². The lowest BCUT2D eigenvalue weighted by Gasteiger charge is -2.13. The van der Waals surface area contributed by atoms with Gasteiger partial charge in [0.25, 0.3) is 5.91 Å². The molecule has 3 rings (SSSR count). The third-order valence-corrected chi connectivity index (χ3v) is 4.74. The fourth-order valence-electron chi connectivity index (χ4n) is 3.18. The smallest absolute Gasteiger partial charge is 0.253 e. The minimum Gasteiger partial charge on any atom is -0.454 e. The molecule has 2 aromatic rings. The van der Waals surface area contributed by atoms with Crippen molar-refractivity contribution >= 4 is 11.9 Å². The summed E-state index contributed by atoms with van der Waals surface area (Å²) >= 11 is 0. The second-order valence-electron chi connectivity index (χ2n) is 7.28. The second kappa shape index (κ2) is 10.5. The van der Waals surface area contributed by atoms with Crippen LogP contribution in [0.3, 0.4) is 0 Å². The number of aliphatic imine (C=N–C) groups is 1. The number of ether oxygens (including phenoxy) is 2. The standard InChI is InChI=1S/C23H30N4O3/c1-4-24-23(26-13-11-18-8-9-20-21(15-18)30-16-29-20)25-12-10-17-6-5-7-19(14-17)22(28)27(2)3/h5-9,14-15H,4,10-13,16H2,1-3H3,(H2,24,25,26). The fraction of sp³-hybridized carbons (Fsp3) is 0.391. The van der Waals surface area contributed by atoms with Crippen LogP contribution in [0.2, 0.25) is 0 Å². The van der Waals surface area contributed by atoms with Gasteiger partial charge in [0, 0.05) is 39.3 Å². The van der Waals surface area contributed by atoms with Crippen LogP contribution in [0, 0.1) is 0 Å². The van der Waals surface area contributed by atoms with Gasteiger partial charge in [-0.3, -0.25) is 9.79 Å². The van der Waals surface area contributed by atoms with Crippen LogP contribution in [0.15, 0.2) is 47.5 Å². The van der Waals surface area contributed by atoms with Crippen LogP contribution in [0.5, 0.6) is 11.5 Å². The van der Waals surface area contributed by atoms with Gasteiger partial charge in [0.1, 0.15) is 0 Å². The maximum Gasteiger partial charge on any atom is 0.253 e. The molecule has 0 atom stereocenters. The highest BCUT2D eigenvalue weighted by molar-refractivity contribution is 5.94. The SMILES string of the molecule is CCNC(=NCCc1ccc2c(c1)OCO2)NCCc1cccc(C(=O)N(C)C)c1. The first-order valence-corrected chi connectivity index (χ1v) is 10.3. The van der Waals surface area contributed by atoms with E-state index < -0.39 is 0 Å². The predicted molar refractivity (Wildman–Crippen MR) is 118 cm³/mol. The van der Waals surface area contributed by atoms with Crippen LogP contribution >= 0.6 is 0 Å². The molecule has 7 nitrogen and oxygen atoms in total. The average Bonchev–Trinajstić information content (AvgIpc) is 3.21. The Bertz CT molecular complexity index is 896. The van der Waals surface area contributed by atoms with Crippen LogP contribution in [-0.4, -0.2) is 57.3 Å². The molecule has 0 saturated heterocycles. The summed E-state index contributed by atoms with van der Waals surface area (Å²) in [6.45, 7) is 4.53. The highest BCUT2D eigenvalue weighted by atomic mass is 16.7. The third-order valence-electron chi connectivity index (χ3n) is 4.74. The number of guanidine groups is 1. The van der Waals surface area contributed by atoms with E-state index in [1.54, 1.807) is 19.0 Å². The lowest BCUT2D eigenvalue weighted by molar-refractivity contribution is 0.0827. The van der Waals surface area contributed by atoms with Crippen LogP contribution in [0.25, 0.3) is 0 Å². The van der Waals surface area contributed by atoms with Crippen molar-refractivity contribution in [1.82, 2.24) is 15.5 Å². The van der Waals surface area contributed by atoms with Crippen molar-refractivity contribution in [2.24, 2.45) is 4.99 Å². The van der Waals surface area contributed by atoms with E-state index >= 15 is 0 Å². The first-order chi connectivity index (χ1) is 14.6. The van der Waals surface area contributed by atoms with Gasteiger partial charge in [-0.25, -0.2) is 0 Å². The summed E-state index contributed by atoms with van der Waals surface area (Å²) in [5.41, 5.74) is 2.99. The van der Waals surface area contributed by atoms with Crippen LogP contribution in [0.1, 0.15) is 28.4 Å². The molecule has 0 unspecified atom stereocenters. The van der Waals surface area contributed by atoms with E-state index in [1.165, 1.54) is 5.56 Å². The second-order valence-corrected chi connectivity index (χ2v) is 7.28. The lowest BCUT2D eigenvalue weighted by Crippen LogP contribution is -2.38. The van der Waals surface area contributed by atoms with Crippen LogP contribution in [0.4, 0.5) is 0 Å². The Balaban J connectivity index is 1.50. The van der Waals surface area contributed by atoms with E-state index in [9.17, 15) is 4.79 Å². The number of carbonyl (C=O) groups is 1. The summed E-state index contributed by atoms with van der Waals surface area (Å²) in [5, 5.41) is 6.64. The zero-order valence-electron chi connectivity index (χ0n) is 17.9. The molecule has 2 aromatic carbocycles. The number of nitrogens with one attached hydrogen (secondary N) is 2. The molecule has 30 heavy (non-hydrogen) atoms. The first kappa shape index (κ1) is 21.5. The molecule has 0 radical (unpaired) electrons. The Kier molecular flexibility index (Phi) is 7.54. The zero-order chi connectivity index (χ0) is 21.3. The molecular weight excluding hydrogens is 380 g/mol. The minimum atomic E-state index is 0.0169. The number of fused-ring (bicyclic) bond motifs is 1. The van der Waals surface area contributed by atoms with Gasteiger partial charge in [0.05, 0.1) is 0 Å². The monoisotopic (exact) mass is 410 g/mol. The molecule has 1 heterocycles. The number of amides is 1. The van der Waals surface area contributed by atoms with Gasteiger partial charge in [-0.1, -0.05) is 18.2 Å². The van der Waals surface area contributed by atoms with E-state index in [0.717, 1.165) is 49.0 Å². The molecule has 0 aromatic heterocycles. The van der Waals surface area contributed by atoms with Gasteiger partial charge < -0.3 is 25.0 Å². The maximum atomic E-state index is 12.1. The zero-order valence-corrected chi connectivity index (χ0v) is 17.9. The van der Waals surface area contributed by atoms with E-state index in [-0.39, 0.29) is 12.7 Å². The Labute approximate surface area is 178 Å². The van der Waals surface area contributed by atoms with Gasteiger partial charge in [0.2, 0.25) is 6.79 Å². The van der Waals surface area contributed by atoms with Crippen molar-refractivity contribution in [3.63, 3.8) is 0 Å². The van der Waals surface area contributed by atoms with E-state index in [0.29, 0.717) is 12.1 Å². The summed E-state index contributed by atoms with van der Waals surface area (Å²) in [7, 11) is 3.53. The Morgan fingerprint density at radius 2 is 1.83 bits per heavy atom. The molecule has 1 aliphatic heterocycles. The van der Waals surface area contributed by atoms with E-state index in [1.807, 2.05) is 49.4 Å². The van der Waals surface area contributed by atoms with E-state index in [4.69, 9.17) is 9.47 Å². The minimum absolute atomic E-state index is 0.0169. The van der Waals surface area contributed by atoms with Crippen molar-refractivity contribution in [2.75, 3.05) is 40.5 Å². The van der Waals surface area contributed by atoms with Gasteiger partial charge in [-0.15, -0.1) is 0 Å². The number of benzene rings is 2. The predicted octanol–water partition coefficient (Wildman–Crippen LogP) is 2.46.